The van der Waals surface area contributed by atoms with E-state index in [1.165, 1.54) is 16.9 Å². The van der Waals surface area contributed by atoms with Gasteiger partial charge in [0.1, 0.15) is 10.8 Å². The van der Waals surface area contributed by atoms with Crippen molar-refractivity contribution < 1.29 is 19.0 Å². The average molecular weight is 397 g/mol. The van der Waals surface area contributed by atoms with Crippen LogP contribution < -0.4 is 19.5 Å². The predicted molar refractivity (Wildman–Crippen MR) is 105 cm³/mol. The highest BCUT2D eigenvalue weighted by Gasteiger charge is 2.15. The predicted octanol–water partition coefficient (Wildman–Crippen LogP) is 3.63. The molecule has 144 valence electrons. The molecule has 0 saturated heterocycles. The highest BCUT2D eigenvalue weighted by Crippen LogP contribution is 2.35. The Morgan fingerprint density at radius 1 is 1.18 bits per heavy atom. The van der Waals surface area contributed by atoms with E-state index in [1.807, 2.05) is 18.2 Å². The number of aromatic nitrogens is 2. The van der Waals surface area contributed by atoms with Crippen molar-refractivity contribution in [1.82, 2.24) is 10.2 Å². The molecule has 7 nitrogen and oxygen atoms in total. The van der Waals surface area contributed by atoms with Gasteiger partial charge in [0, 0.05) is 12.5 Å². The number of benzene rings is 2. The van der Waals surface area contributed by atoms with Crippen LogP contribution in [0.15, 0.2) is 48.5 Å². The molecule has 0 spiro atoms. The lowest BCUT2D eigenvalue weighted by atomic mass is 9.98. The highest BCUT2D eigenvalue weighted by molar-refractivity contribution is 7.15. The average Bonchev–Trinajstić information content (AvgIpc) is 3.36. The maximum absolute atomic E-state index is 12.1. The first-order chi connectivity index (χ1) is 13.7. The minimum atomic E-state index is -0.295. The minimum absolute atomic E-state index is 0.130. The number of rotatable bonds is 7. The monoisotopic (exact) mass is 397 g/mol. The van der Waals surface area contributed by atoms with E-state index in [0.29, 0.717) is 28.3 Å². The van der Waals surface area contributed by atoms with Crippen LogP contribution in [-0.4, -0.2) is 29.5 Å². The third kappa shape index (κ3) is 4.40. The summed E-state index contributed by atoms with van der Waals surface area (Å²) < 4.78 is 16.0. The Hall–Kier alpha value is -3.13. The number of hydrogen-bond donors (Lipinski definition) is 1. The van der Waals surface area contributed by atoms with E-state index in [-0.39, 0.29) is 19.3 Å². The smallest absolute Gasteiger partial charge is 0.264 e. The fourth-order valence-electron chi connectivity index (χ4n) is 2.82. The molecule has 1 unspecified atom stereocenters. The van der Waals surface area contributed by atoms with E-state index in [2.05, 4.69) is 34.6 Å². The van der Waals surface area contributed by atoms with Gasteiger partial charge in [-0.25, -0.2) is 0 Å². The van der Waals surface area contributed by atoms with Crippen LogP contribution in [0, 0.1) is 0 Å². The molecule has 1 N–H and O–H groups in total. The second-order valence-corrected chi connectivity index (χ2v) is 7.43. The van der Waals surface area contributed by atoms with Gasteiger partial charge in [-0.1, -0.05) is 48.6 Å². The van der Waals surface area contributed by atoms with Gasteiger partial charge in [0.15, 0.2) is 18.1 Å². The molecular weight excluding hydrogens is 378 g/mol. The van der Waals surface area contributed by atoms with Crippen molar-refractivity contribution in [3.05, 3.63) is 59.1 Å². The minimum Gasteiger partial charge on any atom is -0.484 e. The Morgan fingerprint density at radius 2 is 2.00 bits per heavy atom. The Bertz CT molecular complexity index is 961. The number of anilines is 1. The summed E-state index contributed by atoms with van der Waals surface area (Å²) in [5, 5.41) is 12.3. The zero-order chi connectivity index (χ0) is 19.3. The first kappa shape index (κ1) is 18.2. The van der Waals surface area contributed by atoms with Crippen LogP contribution in [0.5, 0.6) is 17.2 Å². The van der Waals surface area contributed by atoms with Gasteiger partial charge in [-0.2, -0.15) is 0 Å². The molecule has 3 aromatic rings. The molecule has 2 heterocycles. The van der Waals surface area contributed by atoms with Crippen molar-refractivity contribution in [3.8, 4) is 17.2 Å². The maximum Gasteiger partial charge on any atom is 0.264 e. The lowest BCUT2D eigenvalue weighted by Gasteiger charge is -2.08. The number of ether oxygens (including phenoxy) is 3. The van der Waals surface area contributed by atoms with Gasteiger partial charge < -0.3 is 14.2 Å². The molecule has 1 aromatic heterocycles. The zero-order valence-corrected chi connectivity index (χ0v) is 16.1. The Balaban J connectivity index is 1.28. The molecule has 4 rings (SSSR count). The topological polar surface area (TPSA) is 82.6 Å². The number of hydrogen-bond acceptors (Lipinski definition) is 7. The molecule has 0 aliphatic carbocycles. The van der Waals surface area contributed by atoms with Gasteiger partial charge in [0.2, 0.25) is 11.9 Å². The third-order valence-electron chi connectivity index (χ3n) is 4.28. The first-order valence-corrected chi connectivity index (χ1v) is 9.68. The molecule has 0 saturated carbocycles. The van der Waals surface area contributed by atoms with Gasteiger partial charge in [-0.05, 0) is 23.6 Å². The van der Waals surface area contributed by atoms with E-state index in [9.17, 15) is 4.79 Å². The summed E-state index contributed by atoms with van der Waals surface area (Å²) in [7, 11) is 0. The first-order valence-electron chi connectivity index (χ1n) is 8.87. The van der Waals surface area contributed by atoms with Crippen LogP contribution in [0.25, 0.3) is 0 Å². The lowest BCUT2D eigenvalue weighted by molar-refractivity contribution is -0.118. The van der Waals surface area contributed by atoms with Crippen molar-refractivity contribution >= 4 is 22.4 Å². The number of nitrogens with zero attached hydrogens (tertiary/aromatic N) is 2. The summed E-state index contributed by atoms with van der Waals surface area (Å²) in [5.74, 6) is 1.85. The lowest BCUT2D eigenvalue weighted by Crippen LogP contribution is -2.20. The molecule has 1 aliphatic heterocycles. The van der Waals surface area contributed by atoms with Gasteiger partial charge in [0.25, 0.3) is 5.91 Å². The third-order valence-corrected chi connectivity index (χ3v) is 5.14. The zero-order valence-electron chi connectivity index (χ0n) is 15.3. The number of carbonyl (C=O) groups is 1. The van der Waals surface area contributed by atoms with Crippen LogP contribution in [0.3, 0.4) is 0 Å². The fourth-order valence-corrected chi connectivity index (χ4v) is 3.70. The van der Waals surface area contributed by atoms with Crippen LogP contribution >= 0.6 is 11.3 Å². The standard InChI is InChI=1S/C20H19N3O4S/c1-13(14-5-3-2-4-6-14)9-19-22-23-20(28-19)21-18(24)11-25-15-7-8-16-17(10-15)27-12-26-16/h2-8,10,13H,9,11-12H2,1H3,(H,21,23,24). The van der Waals surface area contributed by atoms with Crippen molar-refractivity contribution in [3.63, 3.8) is 0 Å². The summed E-state index contributed by atoms with van der Waals surface area (Å²) in [6, 6.07) is 15.4. The van der Waals surface area contributed by atoms with Gasteiger partial charge in [0.05, 0.1) is 0 Å². The quantitative estimate of drug-likeness (QED) is 0.656. The number of nitrogens with one attached hydrogen (secondary N) is 1. The van der Waals surface area contributed by atoms with Crippen molar-refractivity contribution in [2.24, 2.45) is 0 Å². The molecule has 0 radical (unpaired) electrons. The molecule has 1 amide bonds. The van der Waals surface area contributed by atoms with Crippen LogP contribution in [-0.2, 0) is 11.2 Å². The summed E-state index contributed by atoms with van der Waals surface area (Å²) in [5.41, 5.74) is 1.25. The Kier molecular flexibility index (Phi) is 5.38. The van der Waals surface area contributed by atoms with E-state index < -0.39 is 0 Å². The van der Waals surface area contributed by atoms with Gasteiger partial charge >= 0.3 is 0 Å². The molecule has 2 aromatic carbocycles. The van der Waals surface area contributed by atoms with Gasteiger partial charge in [-0.3, -0.25) is 10.1 Å². The molecular formula is C20H19N3O4S. The van der Waals surface area contributed by atoms with Crippen molar-refractivity contribution in [2.45, 2.75) is 19.3 Å². The molecule has 28 heavy (non-hydrogen) atoms. The second kappa shape index (κ2) is 8.26. The Labute approximate surface area is 166 Å². The number of fused-ring (bicyclic) bond motifs is 1. The molecule has 1 aliphatic rings. The van der Waals surface area contributed by atoms with Crippen LogP contribution in [0.4, 0.5) is 5.13 Å². The molecule has 8 heteroatoms. The largest absolute Gasteiger partial charge is 0.484 e. The fraction of sp³-hybridized carbons (Fsp3) is 0.250. The normalized spacial score (nSPS) is 13.2. The van der Waals surface area contributed by atoms with E-state index >= 15 is 0 Å². The number of carbonyl (C=O) groups excluding carboxylic acids is 1. The number of amides is 1. The van der Waals surface area contributed by atoms with E-state index in [4.69, 9.17) is 14.2 Å². The summed E-state index contributed by atoms with van der Waals surface area (Å²) in [6.07, 6.45) is 0.769. The summed E-state index contributed by atoms with van der Waals surface area (Å²) in [4.78, 5) is 12.1. The highest BCUT2D eigenvalue weighted by atomic mass is 32.1. The van der Waals surface area contributed by atoms with Gasteiger partial charge in [-0.15, -0.1) is 10.2 Å². The molecule has 0 bridgehead atoms. The van der Waals surface area contributed by atoms with Crippen LogP contribution in [0.2, 0.25) is 0 Å². The summed E-state index contributed by atoms with van der Waals surface area (Å²) in [6.45, 7) is 2.21. The SMILES string of the molecule is CC(Cc1nnc(NC(=O)COc2ccc3c(c2)OCO3)s1)c1ccccc1. The van der Waals surface area contributed by atoms with Crippen molar-refractivity contribution in [1.29, 1.82) is 0 Å². The van der Waals surface area contributed by atoms with Crippen LogP contribution in [0.1, 0.15) is 23.4 Å². The second-order valence-electron chi connectivity index (χ2n) is 6.37. The Morgan fingerprint density at radius 3 is 2.86 bits per heavy atom. The van der Waals surface area contributed by atoms with E-state index in [1.54, 1.807) is 18.2 Å². The molecule has 1 atom stereocenters. The molecule has 0 fully saturated rings. The van der Waals surface area contributed by atoms with E-state index in [0.717, 1.165) is 11.4 Å². The van der Waals surface area contributed by atoms with Crippen molar-refractivity contribution in [2.75, 3.05) is 18.7 Å². The summed E-state index contributed by atoms with van der Waals surface area (Å²) >= 11 is 1.38. The maximum atomic E-state index is 12.1.